The number of nitrogens with zero attached hydrogens (tertiary/aromatic N) is 1. The second-order valence-corrected chi connectivity index (χ2v) is 5.97. The minimum Gasteiger partial charge on any atom is -0.441 e. The number of benzene rings is 1. The molecule has 0 saturated heterocycles. The van der Waals surface area contributed by atoms with Crippen molar-refractivity contribution >= 4 is 11.6 Å². The maximum Gasteiger partial charge on any atom is 0.241 e. The number of hydrogen-bond donors (Lipinski definition) is 2. The largest absolute Gasteiger partial charge is 0.441 e. The maximum atomic E-state index is 12.1. The van der Waals surface area contributed by atoms with Crippen molar-refractivity contribution in [2.24, 2.45) is 11.7 Å². The summed E-state index contributed by atoms with van der Waals surface area (Å²) in [6, 6.07) is 6.91. The lowest BCUT2D eigenvalue weighted by molar-refractivity contribution is -0.117. The molecular weight excluding hydrogens is 278 g/mol. The highest BCUT2D eigenvalue weighted by Gasteiger charge is 2.15. The van der Waals surface area contributed by atoms with Crippen LogP contribution in [-0.4, -0.2) is 16.9 Å². The van der Waals surface area contributed by atoms with Crippen LogP contribution in [0.1, 0.15) is 31.7 Å². The molecule has 0 radical (unpaired) electrons. The Kier molecular flexibility index (Phi) is 4.98. The van der Waals surface area contributed by atoms with Crippen molar-refractivity contribution in [3.05, 3.63) is 35.7 Å². The van der Waals surface area contributed by atoms with E-state index in [1.54, 1.807) is 0 Å². The molecular formula is C17H23N3O2. The van der Waals surface area contributed by atoms with Crippen LogP contribution in [0, 0.1) is 19.8 Å². The van der Waals surface area contributed by atoms with Gasteiger partial charge < -0.3 is 15.5 Å². The number of carbonyl (C=O) groups is 1. The number of aryl methyl sites for hydroxylation is 2. The van der Waals surface area contributed by atoms with Crippen molar-refractivity contribution in [1.29, 1.82) is 0 Å². The van der Waals surface area contributed by atoms with Crippen LogP contribution in [-0.2, 0) is 4.79 Å². The zero-order chi connectivity index (χ0) is 16.3. The molecule has 5 heteroatoms. The number of anilines is 1. The molecule has 1 aromatic heterocycles. The average Bonchev–Trinajstić information content (AvgIpc) is 2.78. The fraction of sp³-hybridized carbons (Fsp3) is 0.412. The van der Waals surface area contributed by atoms with Gasteiger partial charge in [-0.25, -0.2) is 4.98 Å². The number of nitrogens with one attached hydrogen (secondary N) is 1. The molecule has 1 amide bonds. The zero-order valence-corrected chi connectivity index (χ0v) is 13.5. The summed E-state index contributed by atoms with van der Waals surface area (Å²) >= 11 is 0. The average molecular weight is 301 g/mol. The van der Waals surface area contributed by atoms with Crippen molar-refractivity contribution < 1.29 is 9.21 Å². The lowest BCUT2D eigenvalue weighted by Gasteiger charge is -2.14. The molecule has 1 heterocycles. The van der Waals surface area contributed by atoms with Crippen molar-refractivity contribution in [3.8, 4) is 11.5 Å². The summed E-state index contributed by atoms with van der Waals surface area (Å²) in [5.74, 6) is 1.55. The van der Waals surface area contributed by atoms with Crippen LogP contribution in [0.25, 0.3) is 11.5 Å². The van der Waals surface area contributed by atoms with E-state index in [-0.39, 0.29) is 5.91 Å². The Morgan fingerprint density at radius 2 is 2.09 bits per heavy atom. The molecule has 2 rings (SSSR count). The Bertz CT molecular complexity index is 642. The SMILES string of the molecule is Cc1nc(-c2cccc(NC(=O)[C@@H](N)CC(C)C)c2)oc1C. The third-order valence-corrected chi connectivity index (χ3v) is 3.47. The molecule has 0 spiro atoms. The topological polar surface area (TPSA) is 81.2 Å². The zero-order valence-electron chi connectivity index (χ0n) is 13.5. The van der Waals surface area contributed by atoms with E-state index in [2.05, 4.69) is 10.3 Å². The van der Waals surface area contributed by atoms with Gasteiger partial charge in [0.15, 0.2) is 0 Å². The lowest BCUT2D eigenvalue weighted by Crippen LogP contribution is -2.36. The highest BCUT2D eigenvalue weighted by atomic mass is 16.4. The molecule has 1 atom stereocenters. The summed E-state index contributed by atoms with van der Waals surface area (Å²) in [5, 5.41) is 2.85. The van der Waals surface area contributed by atoms with Crippen LogP contribution >= 0.6 is 0 Å². The first-order valence-electron chi connectivity index (χ1n) is 7.47. The van der Waals surface area contributed by atoms with E-state index < -0.39 is 6.04 Å². The molecule has 2 aromatic rings. The quantitative estimate of drug-likeness (QED) is 0.888. The molecule has 5 nitrogen and oxygen atoms in total. The molecule has 22 heavy (non-hydrogen) atoms. The molecule has 118 valence electrons. The van der Waals surface area contributed by atoms with E-state index in [0.29, 0.717) is 23.9 Å². The monoisotopic (exact) mass is 301 g/mol. The molecule has 0 fully saturated rings. The number of oxazole rings is 1. The summed E-state index contributed by atoms with van der Waals surface area (Å²) in [6.07, 6.45) is 0.656. The fourth-order valence-electron chi connectivity index (χ4n) is 2.18. The number of amides is 1. The Labute approximate surface area is 130 Å². The highest BCUT2D eigenvalue weighted by molar-refractivity contribution is 5.95. The summed E-state index contributed by atoms with van der Waals surface area (Å²) in [7, 11) is 0. The van der Waals surface area contributed by atoms with E-state index in [1.807, 2.05) is 52.0 Å². The van der Waals surface area contributed by atoms with Gasteiger partial charge in [-0.15, -0.1) is 0 Å². The third-order valence-electron chi connectivity index (χ3n) is 3.47. The molecule has 0 saturated carbocycles. The van der Waals surface area contributed by atoms with Crippen molar-refractivity contribution in [2.75, 3.05) is 5.32 Å². The molecule has 3 N–H and O–H groups in total. The van der Waals surface area contributed by atoms with Crippen LogP contribution in [0.3, 0.4) is 0 Å². The van der Waals surface area contributed by atoms with Crippen LogP contribution in [0.15, 0.2) is 28.7 Å². The summed E-state index contributed by atoms with van der Waals surface area (Å²) in [4.78, 5) is 16.4. The molecule has 0 aliphatic carbocycles. The normalized spacial score (nSPS) is 12.5. The summed E-state index contributed by atoms with van der Waals surface area (Å²) in [5.41, 5.74) is 8.28. The lowest BCUT2D eigenvalue weighted by atomic mass is 10.0. The summed E-state index contributed by atoms with van der Waals surface area (Å²) < 4.78 is 5.61. The molecule has 0 aliphatic heterocycles. The van der Waals surface area contributed by atoms with Crippen molar-refractivity contribution in [1.82, 2.24) is 4.98 Å². The number of rotatable bonds is 5. The van der Waals surface area contributed by atoms with Crippen LogP contribution in [0.4, 0.5) is 5.69 Å². The van der Waals surface area contributed by atoms with E-state index in [1.165, 1.54) is 0 Å². The van der Waals surface area contributed by atoms with Crippen molar-refractivity contribution in [3.63, 3.8) is 0 Å². The number of aromatic nitrogens is 1. The third kappa shape index (κ3) is 3.95. The minimum atomic E-state index is -0.505. The van der Waals surface area contributed by atoms with Gasteiger partial charge in [0.25, 0.3) is 0 Å². The smallest absolute Gasteiger partial charge is 0.241 e. The van der Waals surface area contributed by atoms with Gasteiger partial charge in [-0.3, -0.25) is 4.79 Å². The first kappa shape index (κ1) is 16.2. The highest BCUT2D eigenvalue weighted by Crippen LogP contribution is 2.24. The van der Waals surface area contributed by atoms with E-state index in [4.69, 9.17) is 10.2 Å². The Morgan fingerprint density at radius 1 is 1.36 bits per heavy atom. The summed E-state index contributed by atoms with van der Waals surface area (Å²) in [6.45, 7) is 7.86. The van der Waals surface area contributed by atoms with Crippen LogP contribution in [0.5, 0.6) is 0 Å². The van der Waals surface area contributed by atoms with Gasteiger partial charge in [0.2, 0.25) is 11.8 Å². The molecule has 1 aromatic carbocycles. The fourth-order valence-corrected chi connectivity index (χ4v) is 2.18. The number of nitrogens with two attached hydrogens (primary N) is 1. The van der Waals surface area contributed by atoms with Gasteiger partial charge in [-0.2, -0.15) is 0 Å². The van der Waals surface area contributed by atoms with Gasteiger partial charge in [-0.05, 0) is 44.4 Å². The predicted octanol–water partition coefficient (Wildman–Crippen LogP) is 3.27. The first-order valence-corrected chi connectivity index (χ1v) is 7.47. The Balaban J connectivity index is 2.13. The second kappa shape index (κ2) is 6.75. The number of hydrogen-bond acceptors (Lipinski definition) is 4. The van der Waals surface area contributed by atoms with Gasteiger partial charge >= 0.3 is 0 Å². The van der Waals surface area contributed by atoms with E-state index >= 15 is 0 Å². The molecule has 0 unspecified atom stereocenters. The number of carbonyl (C=O) groups excluding carboxylic acids is 1. The van der Waals surface area contributed by atoms with Crippen molar-refractivity contribution in [2.45, 2.75) is 40.2 Å². The van der Waals surface area contributed by atoms with Gasteiger partial charge in [0.1, 0.15) is 5.76 Å². The second-order valence-electron chi connectivity index (χ2n) is 5.97. The molecule has 0 aliphatic rings. The van der Waals surface area contributed by atoms with Gasteiger partial charge in [-0.1, -0.05) is 19.9 Å². The van der Waals surface area contributed by atoms with Crippen LogP contribution in [0.2, 0.25) is 0 Å². The predicted molar refractivity (Wildman–Crippen MR) is 87.5 cm³/mol. The van der Waals surface area contributed by atoms with Gasteiger partial charge in [0.05, 0.1) is 11.7 Å². The maximum absolute atomic E-state index is 12.1. The minimum absolute atomic E-state index is 0.175. The van der Waals surface area contributed by atoms with E-state index in [9.17, 15) is 4.79 Å². The van der Waals surface area contributed by atoms with E-state index in [0.717, 1.165) is 17.0 Å². The first-order chi connectivity index (χ1) is 10.4. The standard InChI is InChI=1S/C17H23N3O2/c1-10(2)8-15(18)16(21)20-14-7-5-6-13(9-14)17-19-11(3)12(4)22-17/h5-7,9-10,15H,8,18H2,1-4H3,(H,20,21)/t15-/m0/s1. The Hall–Kier alpha value is -2.14. The Morgan fingerprint density at radius 3 is 2.68 bits per heavy atom. The van der Waals surface area contributed by atoms with Gasteiger partial charge in [0, 0.05) is 11.3 Å². The molecule has 0 bridgehead atoms. The van der Waals surface area contributed by atoms with Crippen LogP contribution < -0.4 is 11.1 Å².